The number of sulfonamides is 1. The predicted octanol–water partition coefficient (Wildman–Crippen LogP) is 0.632. The number of piperidine rings is 1. The average Bonchev–Trinajstić information content (AvgIpc) is 3.06. The highest BCUT2D eigenvalue weighted by atomic mass is 32.2. The maximum absolute atomic E-state index is 12.9. The number of rotatable bonds is 3. The number of imidazole rings is 1. The summed E-state index contributed by atoms with van der Waals surface area (Å²) in [4.78, 5) is 15.7. The minimum absolute atomic E-state index is 0.0236. The van der Waals surface area contributed by atoms with Gasteiger partial charge in [-0.1, -0.05) is 6.92 Å². The van der Waals surface area contributed by atoms with Gasteiger partial charge in [0.2, 0.25) is 5.91 Å². The highest BCUT2D eigenvalue weighted by Crippen LogP contribution is 2.39. The van der Waals surface area contributed by atoms with Crippen molar-refractivity contribution in [2.24, 2.45) is 7.05 Å². The van der Waals surface area contributed by atoms with E-state index in [0.29, 0.717) is 25.8 Å². The SMILES string of the molecule is CC[C@@H]1N(S(=O)(=O)c2cn(C)cn2)CCC[C@@]12CCC(=O)N2. The first-order valence-corrected chi connectivity index (χ1v) is 9.14. The fraction of sp³-hybridized carbons (Fsp3) is 0.714. The molecule has 2 aliphatic heterocycles. The van der Waals surface area contributed by atoms with E-state index >= 15 is 0 Å². The number of aryl methyl sites for hydroxylation is 1. The van der Waals surface area contributed by atoms with Gasteiger partial charge in [0, 0.05) is 32.3 Å². The molecule has 3 rings (SSSR count). The maximum Gasteiger partial charge on any atom is 0.262 e. The third-order valence-electron chi connectivity index (χ3n) is 4.81. The van der Waals surface area contributed by atoms with Crippen LogP contribution in [-0.2, 0) is 21.9 Å². The molecule has 8 heteroatoms. The third-order valence-corrected chi connectivity index (χ3v) is 6.61. The lowest BCUT2D eigenvalue weighted by Crippen LogP contribution is -2.62. The van der Waals surface area contributed by atoms with Crippen LogP contribution in [0.3, 0.4) is 0 Å². The van der Waals surface area contributed by atoms with Crippen LogP contribution in [0.2, 0.25) is 0 Å². The third kappa shape index (κ3) is 2.34. The Kier molecular flexibility index (Phi) is 3.76. The molecule has 0 bridgehead atoms. The van der Waals surface area contributed by atoms with Crippen molar-refractivity contribution >= 4 is 15.9 Å². The molecular weight excluding hydrogens is 304 g/mol. The molecule has 0 aromatic carbocycles. The van der Waals surface area contributed by atoms with E-state index in [2.05, 4.69) is 10.3 Å². The van der Waals surface area contributed by atoms with Gasteiger partial charge >= 0.3 is 0 Å². The average molecular weight is 326 g/mol. The Bertz CT molecular complexity index is 684. The van der Waals surface area contributed by atoms with Crippen LogP contribution in [0.25, 0.3) is 0 Å². The zero-order valence-corrected chi connectivity index (χ0v) is 13.8. The number of amides is 1. The molecule has 2 fully saturated rings. The van der Waals surface area contributed by atoms with E-state index in [-0.39, 0.29) is 17.0 Å². The van der Waals surface area contributed by atoms with Gasteiger partial charge in [0.25, 0.3) is 10.0 Å². The molecule has 3 heterocycles. The molecule has 0 radical (unpaired) electrons. The highest BCUT2D eigenvalue weighted by Gasteiger charge is 2.51. The van der Waals surface area contributed by atoms with Gasteiger partial charge in [-0.3, -0.25) is 4.79 Å². The largest absolute Gasteiger partial charge is 0.349 e. The number of carbonyl (C=O) groups excluding carboxylic acids is 1. The van der Waals surface area contributed by atoms with Crippen LogP contribution in [0, 0.1) is 0 Å². The summed E-state index contributed by atoms with van der Waals surface area (Å²) >= 11 is 0. The Labute approximate surface area is 130 Å². The zero-order valence-electron chi connectivity index (χ0n) is 12.9. The van der Waals surface area contributed by atoms with E-state index in [0.717, 1.165) is 12.8 Å². The number of nitrogens with one attached hydrogen (secondary N) is 1. The fourth-order valence-electron chi connectivity index (χ4n) is 3.85. The molecule has 1 N–H and O–H groups in total. The van der Waals surface area contributed by atoms with Crippen LogP contribution in [0.4, 0.5) is 0 Å². The van der Waals surface area contributed by atoms with E-state index in [4.69, 9.17) is 0 Å². The van der Waals surface area contributed by atoms with Crippen molar-refractivity contribution in [3.63, 3.8) is 0 Å². The van der Waals surface area contributed by atoms with Gasteiger partial charge in [-0.15, -0.1) is 0 Å². The number of nitrogens with zero attached hydrogens (tertiary/aromatic N) is 3. The summed E-state index contributed by atoms with van der Waals surface area (Å²) in [6.45, 7) is 2.46. The van der Waals surface area contributed by atoms with Gasteiger partial charge in [-0.05, 0) is 25.7 Å². The second-order valence-corrected chi connectivity index (χ2v) is 8.06. The number of carbonyl (C=O) groups is 1. The van der Waals surface area contributed by atoms with Gasteiger partial charge in [0.1, 0.15) is 0 Å². The van der Waals surface area contributed by atoms with E-state index in [9.17, 15) is 13.2 Å². The van der Waals surface area contributed by atoms with E-state index < -0.39 is 15.6 Å². The zero-order chi connectivity index (χ0) is 16.0. The van der Waals surface area contributed by atoms with Gasteiger partial charge in [-0.2, -0.15) is 4.31 Å². The smallest absolute Gasteiger partial charge is 0.262 e. The van der Waals surface area contributed by atoms with Crippen molar-refractivity contribution in [1.82, 2.24) is 19.2 Å². The Balaban J connectivity index is 1.97. The van der Waals surface area contributed by atoms with Gasteiger partial charge in [0.15, 0.2) is 5.03 Å². The standard InChI is InChI=1S/C14H22N4O3S/c1-3-11-14(7-5-12(19)16-14)6-4-8-18(11)22(20,21)13-9-17(2)10-15-13/h9-11H,3-8H2,1-2H3,(H,16,19)/t11-,14+/m0/s1. The van der Waals surface area contributed by atoms with Crippen molar-refractivity contribution in [3.8, 4) is 0 Å². The molecule has 1 amide bonds. The normalized spacial score (nSPS) is 29.9. The summed E-state index contributed by atoms with van der Waals surface area (Å²) in [7, 11) is -1.89. The van der Waals surface area contributed by atoms with Crippen molar-refractivity contribution < 1.29 is 13.2 Å². The van der Waals surface area contributed by atoms with E-state index in [1.54, 1.807) is 15.9 Å². The lowest BCUT2D eigenvalue weighted by atomic mass is 9.80. The first-order valence-electron chi connectivity index (χ1n) is 7.70. The molecule has 2 atom stereocenters. The maximum atomic E-state index is 12.9. The van der Waals surface area contributed by atoms with Gasteiger partial charge < -0.3 is 9.88 Å². The van der Waals surface area contributed by atoms with Crippen LogP contribution in [-0.4, -0.2) is 46.3 Å². The lowest BCUT2D eigenvalue weighted by molar-refractivity contribution is -0.120. The van der Waals surface area contributed by atoms with Crippen molar-refractivity contribution in [2.75, 3.05) is 6.54 Å². The summed E-state index contributed by atoms with van der Waals surface area (Å²) in [5.74, 6) is 0.0236. The first-order chi connectivity index (χ1) is 10.4. The Morgan fingerprint density at radius 2 is 2.23 bits per heavy atom. The molecule has 0 unspecified atom stereocenters. The monoisotopic (exact) mass is 326 g/mol. The topological polar surface area (TPSA) is 84.3 Å². The molecule has 7 nitrogen and oxygen atoms in total. The number of aromatic nitrogens is 2. The van der Waals surface area contributed by atoms with Gasteiger partial charge in [0.05, 0.1) is 11.9 Å². The molecule has 1 aromatic rings. The Morgan fingerprint density at radius 3 is 2.77 bits per heavy atom. The number of hydrogen-bond donors (Lipinski definition) is 1. The molecule has 22 heavy (non-hydrogen) atoms. The van der Waals surface area contributed by atoms with Crippen LogP contribution >= 0.6 is 0 Å². The summed E-state index contributed by atoms with van der Waals surface area (Å²) in [5.41, 5.74) is -0.411. The summed E-state index contributed by atoms with van der Waals surface area (Å²) < 4.78 is 29.0. The van der Waals surface area contributed by atoms with Gasteiger partial charge in [-0.25, -0.2) is 13.4 Å². The lowest BCUT2D eigenvalue weighted by Gasteiger charge is -2.46. The van der Waals surface area contributed by atoms with Crippen LogP contribution < -0.4 is 5.32 Å². The minimum atomic E-state index is -3.63. The van der Waals surface area contributed by atoms with Crippen LogP contribution in [0.15, 0.2) is 17.6 Å². The highest BCUT2D eigenvalue weighted by molar-refractivity contribution is 7.89. The van der Waals surface area contributed by atoms with Crippen molar-refractivity contribution in [1.29, 1.82) is 0 Å². The van der Waals surface area contributed by atoms with Crippen LogP contribution in [0.5, 0.6) is 0 Å². The van der Waals surface area contributed by atoms with E-state index in [1.807, 2.05) is 6.92 Å². The van der Waals surface area contributed by atoms with Crippen molar-refractivity contribution in [2.45, 2.75) is 55.6 Å². The molecule has 122 valence electrons. The minimum Gasteiger partial charge on any atom is -0.349 e. The second-order valence-electron chi connectivity index (χ2n) is 6.23. The first kappa shape index (κ1) is 15.5. The number of hydrogen-bond acceptors (Lipinski definition) is 4. The molecule has 2 aliphatic rings. The quantitative estimate of drug-likeness (QED) is 0.883. The molecule has 1 spiro atoms. The molecule has 0 saturated carbocycles. The molecular formula is C14H22N4O3S. The summed E-state index contributed by atoms with van der Waals surface area (Å²) in [6, 6.07) is -0.209. The second kappa shape index (κ2) is 5.34. The van der Waals surface area contributed by atoms with Crippen LogP contribution in [0.1, 0.15) is 39.0 Å². The molecule has 0 aliphatic carbocycles. The van der Waals surface area contributed by atoms with E-state index in [1.165, 1.54) is 12.5 Å². The summed E-state index contributed by atoms with van der Waals surface area (Å²) in [5, 5.41) is 3.14. The Hall–Kier alpha value is -1.41. The predicted molar refractivity (Wildman–Crippen MR) is 80.5 cm³/mol. The van der Waals surface area contributed by atoms with Crippen molar-refractivity contribution in [3.05, 3.63) is 12.5 Å². The summed E-state index contributed by atoms with van der Waals surface area (Å²) in [6.07, 6.45) is 6.47. The fourth-order valence-corrected chi connectivity index (χ4v) is 5.62. The molecule has 2 saturated heterocycles. The molecule has 1 aromatic heterocycles. The Morgan fingerprint density at radius 1 is 1.45 bits per heavy atom.